The summed E-state index contributed by atoms with van der Waals surface area (Å²) in [4.78, 5) is 23.5. The van der Waals surface area contributed by atoms with E-state index in [0.29, 0.717) is 22.9 Å². The molecule has 1 amide bonds. The van der Waals surface area contributed by atoms with Crippen LogP contribution in [0.2, 0.25) is 0 Å². The first-order valence-electron chi connectivity index (χ1n) is 9.35. The topological polar surface area (TPSA) is 75.6 Å². The molecule has 172 valence electrons. The highest BCUT2D eigenvalue weighted by Gasteiger charge is 2.31. The zero-order chi connectivity index (χ0) is 24.3. The van der Waals surface area contributed by atoms with Crippen molar-refractivity contribution in [3.63, 3.8) is 0 Å². The number of carboxylic acid groups (broad SMARTS) is 1. The minimum Gasteiger partial charge on any atom is -0.496 e. The number of aromatic carboxylic acids is 1. The molecule has 0 bridgehead atoms. The summed E-state index contributed by atoms with van der Waals surface area (Å²) in [5.41, 5.74) is -0.986. The predicted octanol–water partition coefficient (Wildman–Crippen LogP) is 5.29. The molecule has 3 aromatic rings. The average Bonchev–Trinajstić information content (AvgIpc) is 2.76. The average molecular weight is 465 g/mol. The minimum atomic E-state index is -4.75. The van der Waals surface area contributed by atoms with E-state index in [4.69, 9.17) is 9.84 Å². The smallest absolute Gasteiger partial charge is 0.416 e. The maximum Gasteiger partial charge on any atom is 0.416 e. The second kappa shape index (κ2) is 9.27. The number of benzene rings is 3. The van der Waals surface area contributed by atoms with E-state index in [9.17, 15) is 31.5 Å². The van der Waals surface area contributed by atoms with E-state index in [-0.39, 0.29) is 23.7 Å². The fourth-order valence-corrected chi connectivity index (χ4v) is 3.12. The van der Waals surface area contributed by atoms with E-state index in [1.807, 2.05) is 0 Å². The lowest BCUT2D eigenvalue weighted by Gasteiger charge is -2.13. The third kappa shape index (κ3) is 5.46. The van der Waals surface area contributed by atoms with Crippen molar-refractivity contribution in [1.29, 1.82) is 0 Å². The number of hydrogen-bond donors (Lipinski definition) is 2. The highest BCUT2D eigenvalue weighted by molar-refractivity contribution is 5.94. The number of carbonyl (C=O) groups excluding carboxylic acids is 1. The van der Waals surface area contributed by atoms with Crippen LogP contribution in [0, 0.1) is 11.6 Å². The molecule has 0 saturated heterocycles. The van der Waals surface area contributed by atoms with Crippen molar-refractivity contribution in [2.24, 2.45) is 0 Å². The van der Waals surface area contributed by atoms with E-state index in [0.717, 1.165) is 18.2 Å². The van der Waals surface area contributed by atoms with E-state index in [1.165, 1.54) is 25.3 Å². The van der Waals surface area contributed by atoms with Gasteiger partial charge in [0.2, 0.25) is 0 Å². The first-order chi connectivity index (χ1) is 15.5. The lowest BCUT2D eigenvalue weighted by atomic mass is 10.00. The quantitative estimate of drug-likeness (QED) is 0.486. The zero-order valence-corrected chi connectivity index (χ0v) is 17.0. The normalized spacial score (nSPS) is 11.2. The Morgan fingerprint density at radius 2 is 1.70 bits per heavy atom. The van der Waals surface area contributed by atoms with Gasteiger partial charge in [-0.25, -0.2) is 13.6 Å². The second-order valence-electron chi connectivity index (χ2n) is 6.94. The van der Waals surface area contributed by atoms with Crippen molar-refractivity contribution in [2.75, 3.05) is 7.11 Å². The molecule has 3 aromatic carbocycles. The van der Waals surface area contributed by atoms with Gasteiger partial charge in [0.05, 0.1) is 23.8 Å². The van der Waals surface area contributed by atoms with E-state index >= 15 is 0 Å². The van der Waals surface area contributed by atoms with Gasteiger partial charge in [-0.1, -0.05) is 6.07 Å². The Hall–Kier alpha value is -3.95. The number of amides is 1. The molecule has 0 aliphatic heterocycles. The fourth-order valence-electron chi connectivity index (χ4n) is 3.12. The van der Waals surface area contributed by atoms with Crippen LogP contribution >= 0.6 is 0 Å². The van der Waals surface area contributed by atoms with Crippen LogP contribution in [0.1, 0.15) is 31.8 Å². The number of methoxy groups -OCH3 is 1. The van der Waals surface area contributed by atoms with Crippen LogP contribution in [0.25, 0.3) is 11.1 Å². The minimum absolute atomic E-state index is 0.197. The van der Waals surface area contributed by atoms with Crippen LogP contribution in [0.4, 0.5) is 22.0 Å². The molecule has 2 N–H and O–H groups in total. The number of ether oxygens (including phenoxy) is 1. The number of alkyl halides is 3. The molecule has 10 heteroatoms. The van der Waals surface area contributed by atoms with Crippen LogP contribution in [0.5, 0.6) is 5.75 Å². The van der Waals surface area contributed by atoms with Crippen LogP contribution in [0.3, 0.4) is 0 Å². The highest BCUT2D eigenvalue weighted by atomic mass is 19.4. The van der Waals surface area contributed by atoms with Gasteiger partial charge in [0.1, 0.15) is 17.4 Å². The molecule has 0 radical (unpaired) electrons. The van der Waals surface area contributed by atoms with Gasteiger partial charge in [0, 0.05) is 12.1 Å². The molecule has 0 unspecified atom stereocenters. The summed E-state index contributed by atoms with van der Waals surface area (Å²) in [6.45, 7) is -0.197. The predicted molar refractivity (Wildman–Crippen MR) is 108 cm³/mol. The lowest BCUT2D eigenvalue weighted by molar-refractivity contribution is -0.137. The molecule has 0 aliphatic carbocycles. The van der Waals surface area contributed by atoms with Gasteiger partial charge < -0.3 is 15.2 Å². The first-order valence-corrected chi connectivity index (χ1v) is 9.35. The summed E-state index contributed by atoms with van der Waals surface area (Å²) in [5, 5.41) is 11.5. The number of hydrogen-bond acceptors (Lipinski definition) is 3. The Morgan fingerprint density at radius 1 is 0.970 bits per heavy atom. The van der Waals surface area contributed by atoms with Crippen molar-refractivity contribution >= 4 is 11.9 Å². The molecule has 33 heavy (non-hydrogen) atoms. The Balaban J connectivity index is 1.86. The van der Waals surface area contributed by atoms with Crippen molar-refractivity contribution < 1.29 is 41.4 Å². The van der Waals surface area contributed by atoms with Crippen LogP contribution in [0.15, 0.2) is 54.6 Å². The third-order valence-corrected chi connectivity index (χ3v) is 4.74. The summed E-state index contributed by atoms with van der Waals surface area (Å²) in [6.07, 6.45) is -4.75. The molecule has 0 atom stereocenters. The summed E-state index contributed by atoms with van der Waals surface area (Å²) < 4.78 is 71.2. The SMILES string of the molecule is COc1ccc(-c2cc(F)cc(C(=O)O)c2)cc1CNC(=O)c1ccc(C(F)(F)F)cc1F. The Kier molecular flexibility index (Phi) is 6.66. The largest absolute Gasteiger partial charge is 0.496 e. The zero-order valence-electron chi connectivity index (χ0n) is 17.0. The molecule has 0 spiro atoms. The molecular formula is C23H16F5NO4. The summed E-state index contributed by atoms with van der Waals surface area (Å²) in [7, 11) is 1.36. The number of carbonyl (C=O) groups is 2. The van der Waals surface area contributed by atoms with Gasteiger partial charge >= 0.3 is 12.1 Å². The summed E-state index contributed by atoms with van der Waals surface area (Å²) in [6, 6.07) is 9.44. The standard InChI is InChI=1S/C23H16F5NO4/c1-33-20-5-2-12(13-7-14(22(31)32)9-17(24)8-13)6-15(20)11-29-21(30)18-4-3-16(10-19(18)25)23(26,27)28/h2-10H,11H2,1H3,(H,29,30)(H,31,32). The second-order valence-corrected chi connectivity index (χ2v) is 6.94. The van der Waals surface area contributed by atoms with Gasteiger partial charge in [-0.2, -0.15) is 13.2 Å². The molecule has 5 nitrogen and oxygen atoms in total. The number of carboxylic acids is 1. The molecular weight excluding hydrogens is 449 g/mol. The molecule has 0 aromatic heterocycles. The highest BCUT2D eigenvalue weighted by Crippen LogP contribution is 2.31. The maximum atomic E-state index is 14.1. The van der Waals surface area contributed by atoms with Gasteiger partial charge in [-0.3, -0.25) is 4.79 Å². The Bertz CT molecular complexity index is 1220. The van der Waals surface area contributed by atoms with Gasteiger partial charge in [-0.15, -0.1) is 0 Å². The lowest BCUT2D eigenvalue weighted by Crippen LogP contribution is -2.24. The maximum absolute atomic E-state index is 14.1. The van der Waals surface area contributed by atoms with Crippen molar-refractivity contribution in [2.45, 2.75) is 12.7 Å². The van der Waals surface area contributed by atoms with Gasteiger partial charge in [0.15, 0.2) is 0 Å². The van der Waals surface area contributed by atoms with Crippen LogP contribution in [-0.2, 0) is 12.7 Å². The summed E-state index contributed by atoms with van der Waals surface area (Å²) in [5.74, 6) is -4.03. The molecule has 0 fully saturated rings. The molecule has 3 rings (SSSR count). The summed E-state index contributed by atoms with van der Waals surface area (Å²) >= 11 is 0. The molecule has 0 saturated carbocycles. The number of rotatable bonds is 6. The monoisotopic (exact) mass is 465 g/mol. The van der Waals surface area contributed by atoms with Crippen LogP contribution < -0.4 is 10.1 Å². The van der Waals surface area contributed by atoms with E-state index in [1.54, 1.807) is 6.07 Å². The number of nitrogens with one attached hydrogen (secondary N) is 1. The van der Waals surface area contributed by atoms with Crippen molar-refractivity contribution in [1.82, 2.24) is 5.32 Å². The van der Waals surface area contributed by atoms with Gasteiger partial charge in [-0.05, 0) is 59.7 Å². The number of halogens is 5. The first kappa shape index (κ1) is 23.7. The fraction of sp³-hybridized carbons (Fsp3) is 0.130. The van der Waals surface area contributed by atoms with E-state index < -0.39 is 40.8 Å². The van der Waals surface area contributed by atoms with Crippen LogP contribution in [-0.4, -0.2) is 24.1 Å². The molecule has 0 heterocycles. The van der Waals surface area contributed by atoms with Gasteiger partial charge in [0.25, 0.3) is 5.91 Å². The van der Waals surface area contributed by atoms with Crippen molar-refractivity contribution in [3.8, 4) is 16.9 Å². The van der Waals surface area contributed by atoms with Crippen molar-refractivity contribution in [3.05, 3.63) is 88.5 Å². The van der Waals surface area contributed by atoms with E-state index in [2.05, 4.69) is 5.32 Å². The Labute approximate surface area is 184 Å². The third-order valence-electron chi connectivity index (χ3n) is 4.74. The Morgan fingerprint density at radius 3 is 2.30 bits per heavy atom. The molecule has 0 aliphatic rings.